The summed E-state index contributed by atoms with van der Waals surface area (Å²) in [6.45, 7) is 4.75. The van der Waals surface area contributed by atoms with Crippen LogP contribution in [0.1, 0.15) is 26.7 Å². The van der Waals surface area contributed by atoms with E-state index < -0.39 is 5.97 Å². The van der Waals surface area contributed by atoms with Gasteiger partial charge in [0.2, 0.25) is 5.91 Å². The quantitative estimate of drug-likeness (QED) is 0.541. The maximum absolute atomic E-state index is 11.1. The molecule has 0 saturated carbocycles. The summed E-state index contributed by atoms with van der Waals surface area (Å²) in [6.07, 6.45) is 0.551. The van der Waals surface area contributed by atoms with Crippen LogP contribution in [0.5, 0.6) is 0 Å². The number of nitrogens with one attached hydrogen (secondary N) is 2. The number of carboxylic acid groups (broad SMARTS) is 1. The van der Waals surface area contributed by atoms with Crippen molar-refractivity contribution in [2.75, 3.05) is 13.1 Å². The topological polar surface area (TPSA) is 78.4 Å². The van der Waals surface area contributed by atoms with Crippen molar-refractivity contribution < 1.29 is 14.7 Å². The summed E-state index contributed by atoms with van der Waals surface area (Å²) in [5.41, 5.74) is 0. The lowest BCUT2D eigenvalue weighted by Crippen LogP contribution is -2.39. The zero-order valence-corrected chi connectivity index (χ0v) is 8.67. The Bertz CT molecular complexity index is 194. The smallest absolute Gasteiger partial charge is 0.303 e. The van der Waals surface area contributed by atoms with Crippen molar-refractivity contribution in [2.45, 2.75) is 32.7 Å². The predicted molar refractivity (Wildman–Crippen MR) is 53.0 cm³/mol. The van der Waals surface area contributed by atoms with Crippen LogP contribution >= 0.6 is 0 Å². The Morgan fingerprint density at radius 2 is 2.07 bits per heavy atom. The van der Waals surface area contributed by atoms with E-state index in [2.05, 4.69) is 10.6 Å². The molecule has 0 aliphatic heterocycles. The van der Waals surface area contributed by atoms with Crippen molar-refractivity contribution in [2.24, 2.45) is 0 Å². The number of hydrogen-bond acceptors (Lipinski definition) is 3. The van der Waals surface area contributed by atoms with Gasteiger partial charge in [-0.3, -0.25) is 9.59 Å². The highest BCUT2D eigenvalue weighted by Crippen LogP contribution is 1.95. The number of carbonyl (C=O) groups excluding carboxylic acids is 1. The number of rotatable bonds is 7. The Labute approximate surface area is 83.9 Å². The molecule has 0 radical (unpaired) electrons. The molecule has 0 aromatic heterocycles. The molecule has 3 N–H and O–H groups in total. The maximum Gasteiger partial charge on any atom is 0.303 e. The largest absolute Gasteiger partial charge is 0.481 e. The highest BCUT2D eigenvalue weighted by Gasteiger charge is 2.08. The van der Waals surface area contributed by atoms with Crippen LogP contribution in [0, 0.1) is 0 Å². The van der Waals surface area contributed by atoms with E-state index in [4.69, 9.17) is 5.11 Å². The standard InChI is InChI=1S/C9H18N2O3/c1-3-10-6-8(12)11-7(2)4-5-9(13)14/h7,10H,3-6H2,1-2H3,(H,11,12)(H,13,14). The van der Waals surface area contributed by atoms with Gasteiger partial charge in [0.1, 0.15) is 0 Å². The zero-order valence-electron chi connectivity index (χ0n) is 8.67. The van der Waals surface area contributed by atoms with Gasteiger partial charge in [-0.1, -0.05) is 6.92 Å². The molecular formula is C9H18N2O3. The van der Waals surface area contributed by atoms with Gasteiger partial charge in [0, 0.05) is 12.5 Å². The Hall–Kier alpha value is -1.10. The summed E-state index contributed by atoms with van der Waals surface area (Å²) in [4.78, 5) is 21.4. The first kappa shape index (κ1) is 12.9. The van der Waals surface area contributed by atoms with Crippen molar-refractivity contribution in [3.05, 3.63) is 0 Å². The molecular weight excluding hydrogens is 184 g/mol. The normalized spacial score (nSPS) is 12.1. The highest BCUT2D eigenvalue weighted by molar-refractivity contribution is 5.78. The fraction of sp³-hybridized carbons (Fsp3) is 0.778. The van der Waals surface area contributed by atoms with Crippen LogP contribution in [0.25, 0.3) is 0 Å². The molecule has 0 rings (SSSR count). The third-order valence-corrected chi connectivity index (χ3v) is 1.73. The third-order valence-electron chi connectivity index (χ3n) is 1.73. The van der Waals surface area contributed by atoms with E-state index in [1.165, 1.54) is 0 Å². The monoisotopic (exact) mass is 202 g/mol. The lowest BCUT2D eigenvalue weighted by atomic mass is 10.2. The number of amides is 1. The third kappa shape index (κ3) is 7.54. The highest BCUT2D eigenvalue weighted by atomic mass is 16.4. The molecule has 0 aliphatic rings. The molecule has 82 valence electrons. The summed E-state index contributed by atoms with van der Waals surface area (Å²) < 4.78 is 0. The van der Waals surface area contributed by atoms with Crippen molar-refractivity contribution >= 4 is 11.9 Å². The van der Waals surface area contributed by atoms with E-state index in [0.717, 1.165) is 6.54 Å². The number of aliphatic carboxylic acids is 1. The van der Waals surface area contributed by atoms with Gasteiger partial charge in [0.25, 0.3) is 0 Å². The average Bonchev–Trinajstić information content (AvgIpc) is 2.11. The van der Waals surface area contributed by atoms with Crippen molar-refractivity contribution in [3.8, 4) is 0 Å². The molecule has 5 heteroatoms. The number of hydrogen-bond donors (Lipinski definition) is 3. The van der Waals surface area contributed by atoms with Gasteiger partial charge >= 0.3 is 5.97 Å². The van der Waals surface area contributed by atoms with E-state index >= 15 is 0 Å². The van der Waals surface area contributed by atoms with Crippen molar-refractivity contribution in [1.29, 1.82) is 0 Å². The molecule has 1 atom stereocenters. The van der Waals surface area contributed by atoms with Gasteiger partial charge in [-0.25, -0.2) is 0 Å². The Balaban J connectivity index is 3.55. The van der Waals surface area contributed by atoms with Crippen LogP contribution in [0.4, 0.5) is 0 Å². The van der Waals surface area contributed by atoms with Crippen molar-refractivity contribution in [1.82, 2.24) is 10.6 Å². The Kier molecular flexibility index (Phi) is 6.74. The lowest BCUT2D eigenvalue weighted by Gasteiger charge is -2.12. The molecule has 0 fully saturated rings. The second-order valence-corrected chi connectivity index (χ2v) is 3.18. The van der Waals surface area contributed by atoms with E-state index in [-0.39, 0.29) is 24.9 Å². The van der Waals surface area contributed by atoms with Crippen LogP contribution in [-0.2, 0) is 9.59 Å². The fourth-order valence-electron chi connectivity index (χ4n) is 0.977. The molecule has 5 nitrogen and oxygen atoms in total. The average molecular weight is 202 g/mol. The SMILES string of the molecule is CCNCC(=O)NC(C)CCC(=O)O. The number of likely N-dealkylation sites (N-methyl/N-ethyl adjacent to an activating group) is 1. The van der Waals surface area contributed by atoms with Crippen LogP contribution in [0.15, 0.2) is 0 Å². The molecule has 0 aromatic rings. The molecule has 1 unspecified atom stereocenters. The minimum Gasteiger partial charge on any atom is -0.481 e. The molecule has 0 saturated heterocycles. The van der Waals surface area contributed by atoms with Crippen LogP contribution in [0.2, 0.25) is 0 Å². The van der Waals surface area contributed by atoms with Crippen LogP contribution < -0.4 is 10.6 Å². The maximum atomic E-state index is 11.1. The second kappa shape index (κ2) is 7.32. The van der Waals surface area contributed by atoms with E-state index in [1.807, 2.05) is 6.92 Å². The van der Waals surface area contributed by atoms with Gasteiger partial charge < -0.3 is 15.7 Å². The van der Waals surface area contributed by atoms with E-state index in [0.29, 0.717) is 6.42 Å². The van der Waals surface area contributed by atoms with Gasteiger partial charge in [-0.2, -0.15) is 0 Å². The number of carbonyl (C=O) groups is 2. The van der Waals surface area contributed by atoms with Crippen LogP contribution in [-0.4, -0.2) is 36.1 Å². The van der Waals surface area contributed by atoms with Gasteiger partial charge in [-0.05, 0) is 19.9 Å². The summed E-state index contributed by atoms with van der Waals surface area (Å²) in [6, 6.07) is -0.0859. The second-order valence-electron chi connectivity index (χ2n) is 3.18. The molecule has 0 bridgehead atoms. The van der Waals surface area contributed by atoms with Crippen molar-refractivity contribution in [3.63, 3.8) is 0 Å². The molecule has 0 aromatic carbocycles. The first-order valence-corrected chi connectivity index (χ1v) is 4.78. The van der Waals surface area contributed by atoms with E-state index in [1.54, 1.807) is 6.92 Å². The van der Waals surface area contributed by atoms with E-state index in [9.17, 15) is 9.59 Å². The van der Waals surface area contributed by atoms with Gasteiger partial charge in [0.05, 0.1) is 6.54 Å². The minimum absolute atomic E-state index is 0.0859. The zero-order chi connectivity index (χ0) is 11.0. The predicted octanol–water partition coefficient (Wildman–Crippen LogP) is -0.0346. The molecule has 0 heterocycles. The van der Waals surface area contributed by atoms with Gasteiger partial charge in [-0.15, -0.1) is 0 Å². The summed E-state index contributed by atoms with van der Waals surface area (Å²) >= 11 is 0. The first-order chi connectivity index (χ1) is 6.56. The number of carboxylic acids is 1. The summed E-state index contributed by atoms with van der Waals surface area (Å²) in [7, 11) is 0. The molecule has 0 spiro atoms. The van der Waals surface area contributed by atoms with Crippen LogP contribution in [0.3, 0.4) is 0 Å². The summed E-state index contributed by atoms with van der Waals surface area (Å²) in [5.74, 6) is -0.928. The summed E-state index contributed by atoms with van der Waals surface area (Å²) in [5, 5.41) is 14.0. The first-order valence-electron chi connectivity index (χ1n) is 4.78. The Morgan fingerprint density at radius 1 is 1.43 bits per heavy atom. The molecule has 1 amide bonds. The minimum atomic E-state index is -0.835. The molecule has 0 aliphatic carbocycles. The lowest BCUT2D eigenvalue weighted by molar-refractivity contribution is -0.137. The molecule has 14 heavy (non-hydrogen) atoms. The van der Waals surface area contributed by atoms with Gasteiger partial charge in [0.15, 0.2) is 0 Å². The Morgan fingerprint density at radius 3 is 2.57 bits per heavy atom. The fourth-order valence-corrected chi connectivity index (χ4v) is 0.977.